The van der Waals surface area contributed by atoms with Gasteiger partial charge in [0.05, 0.1) is 0 Å². The molecule has 1 fully saturated rings. The lowest BCUT2D eigenvalue weighted by Gasteiger charge is -2.40. The summed E-state index contributed by atoms with van der Waals surface area (Å²) >= 11 is 0. The summed E-state index contributed by atoms with van der Waals surface area (Å²) in [4.78, 5) is 2.61. The third-order valence-electron chi connectivity index (χ3n) is 4.60. The molecule has 1 aliphatic heterocycles. The second kappa shape index (κ2) is 9.61. The van der Waals surface area contributed by atoms with Gasteiger partial charge in [0.1, 0.15) is 5.75 Å². The van der Waals surface area contributed by atoms with E-state index in [-0.39, 0.29) is 24.8 Å². The van der Waals surface area contributed by atoms with E-state index in [1.54, 1.807) is 0 Å². The summed E-state index contributed by atoms with van der Waals surface area (Å²) in [5.74, 6) is 1.00. The molecule has 1 aromatic carbocycles. The minimum atomic E-state index is 0. The van der Waals surface area contributed by atoms with Gasteiger partial charge in [0.15, 0.2) is 0 Å². The summed E-state index contributed by atoms with van der Waals surface area (Å²) in [7, 11) is 0. The average molecular weight is 349 g/mol. The number of nitrogens with one attached hydrogen (secondary N) is 1. The molecule has 1 unspecified atom stereocenters. The number of rotatable bonds is 4. The zero-order chi connectivity index (χ0) is 14.7. The molecule has 1 heterocycles. The van der Waals surface area contributed by atoms with Crippen molar-refractivity contribution in [1.82, 2.24) is 10.2 Å². The number of benzene rings is 1. The van der Waals surface area contributed by atoms with Crippen molar-refractivity contribution in [2.24, 2.45) is 5.92 Å². The van der Waals surface area contributed by atoms with Crippen molar-refractivity contribution < 1.29 is 5.11 Å². The molecule has 0 aromatic heterocycles. The molecule has 5 heteroatoms. The molecule has 0 bridgehead atoms. The summed E-state index contributed by atoms with van der Waals surface area (Å²) in [6.45, 7) is 13.2. The van der Waals surface area contributed by atoms with Gasteiger partial charge in [-0.1, -0.05) is 20.3 Å². The second-order valence-electron chi connectivity index (χ2n) is 6.11. The smallest absolute Gasteiger partial charge is 0.116 e. The molecule has 22 heavy (non-hydrogen) atoms. The molecule has 1 aliphatic rings. The van der Waals surface area contributed by atoms with E-state index in [1.165, 1.54) is 23.1 Å². The summed E-state index contributed by atoms with van der Waals surface area (Å²) in [5.41, 5.74) is 3.84. The van der Waals surface area contributed by atoms with Crippen LogP contribution in [0.1, 0.15) is 43.0 Å². The maximum atomic E-state index is 9.78. The van der Waals surface area contributed by atoms with Crippen LogP contribution in [0, 0.1) is 19.8 Å². The van der Waals surface area contributed by atoms with Crippen molar-refractivity contribution in [3.05, 3.63) is 28.8 Å². The van der Waals surface area contributed by atoms with Gasteiger partial charge in [-0.2, -0.15) is 0 Å². The standard InChI is InChI=1S/C17H28N2O.2ClH/c1-5-12(2)17(19-8-6-18-7-9-19)16-13(3)10-15(20)11-14(16)4;;/h10-12,17-18,20H,5-9H2,1-4H3;2*1H/t12?,17-;;/m1../s1. The first kappa shape index (κ1) is 21.5. The highest BCUT2D eigenvalue weighted by Crippen LogP contribution is 2.36. The maximum absolute atomic E-state index is 9.78. The molecule has 2 N–H and O–H groups in total. The Morgan fingerprint density at radius 3 is 2.09 bits per heavy atom. The first-order chi connectivity index (χ1) is 9.54. The van der Waals surface area contributed by atoms with Crippen LogP contribution in [0.4, 0.5) is 0 Å². The Morgan fingerprint density at radius 2 is 1.64 bits per heavy atom. The van der Waals surface area contributed by atoms with Crippen LogP contribution in [0.25, 0.3) is 0 Å². The number of nitrogens with zero attached hydrogens (tertiary/aromatic N) is 1. The van der Waals surface area contributed by atoms with E-state index in [0.717, 1.165) is 26.2 Å². The lowest BCUT2D eigenvalue weighted by atomic mass is 9.85. The van der Waals surface area contributed by atoms with Crippen LogP contribution in [-0.2, 0) is 0 Å². The monoisotopic (exact) mass is 348 g/mol. The van der Waals surface area contributed by atoms with E-state index in [1.807, 2.05) is 12.1 Å². The molecule has 1 aromatic rings. The van der Waals surface area contributed by atoms with E-state index in [0.29, 0.717) is 17.7 Å². The quantitative estimate of drug-likeness (QED) is 0.867. The number of halogens is 2. The van der Waals surface area contributed by atoms with Gasteiger partial charge in [-0.3, -0.25) is 4.90 Å². The number of hydrogen-bond acceptors (Lipinski definition) is 3. The van der Waals surface area contributed by atoms with Crippen molar-refractivity contribution in [3.63, 3.8) is 0 Å². The van der Waals surface area contributed by atoms with Gasteiger partial charge in [-0.25, -0.2) is 0 Å². The van der Waals surface area contributed by atoms with E-state index < -0.39 is 0 Å². The average Bonchev–Trinajstić information content (AvgIpc) is 2.42. The van der Waals surface area contributed by atoms with E-state index >= 15 is 0 Å². The summed E-state index contributed by atoms with van der Waals surface area (Å²) in [6, 6.07) is 4.27. The Balaban J connectivity index is 0.00000220. The molecule has 0 spiro atoms. The Bertz CT molecular complexity index is 439. The van der Waals surface area contributed by atoms with Crippen molar-refractivity contribution in [2.75, 3.05) is 26.2 Å². The van der Waals surface area contributed by atoms with Gasteiger partial charge < -0.3 is 10.4 Å². The highest BCUT2D eigenvalue weighted by Gasteiger charge is 2.28. The fraction of sp³-hybridized carbons (Fsp3) is 0.647. The first-order valence-electron chi connectivity index (χ1n) is 7.79. The van der Waals surface area contributed by atoms with E-state index in [9.17, 15) is 5.11 Å². The number of aromatic hydroxyl groups is 1. The number of phenolic OH excluding ortho intramolecular Hbond substituents is 1. The van der Waals surface area contributed by atoms with Crippen LogP contribution in [0.3, 0.4) is 0 Å². The number of aryl methyl sites for hydroxylation is 2. The van der Waals surface area contributed by atoms with Gasteiger partial charge in [0.2, 0.25) is 0 Å². The maximum Gasteiger partial charge on any atom is 0.116 e. The fourth-order valence-corrected chi connectivity index (χ4v) is 3.43. The third-order valence-corrected chi connectivity index (χ3v) is 4.60. The number of hydrogen-bond donors (Lipinski definition) is 2. The van der Waals surface area contributed by atoms with Crippen LogP contribution in [-0.4, -0.2) is 36.2 Å². The van der Waals surface area contributed by atoms with Gasteiger partial charge in [-0.05, 0) is 48.6 Å². The summed E-state index contributed by atoms with van der Waals surface area (Å²) in [5, 5.41) is 13.2. The van der Waals surface area contributed by atoms with E-state index in [4.69, 9.17) is 0 Å². The molecular weight excluding hydrogens is 319 g/mol. The zero-order valence-electron chi connectivity index (χ0n) is 14.1. The van der Waals surface area contributed by atoms with E-state index in [2.05, 4.69) is 37.9 Å². The van der Waals surface area contributed by atoms with Crippen molar-refractivity contribution in [1.29, 1.82) is 0 Å². The molecule has 1 saturated heterocycles. The predicted octanol–water partition coefficient (Wildman–Crippen LogP) is 3.85. The van der Waals surface area contributed by atoms with Gasteiger partial charge >= 0.3 is 0 Å². The minimum absolute atomic E-state index is 0. The van der Waals surface area contributed by atoms with Crippen molar-refractivity contribution >= 4 is 24.8 Å². The molecule has 0 radical (unpaired) electrons. The normalized spacial score (nSPS) is 18.0. The zero-order valence-corrected chi connectivity index (χ0v) is 15.7. The highest BCUT2D eigenvalue weighted by atomic mass is 35.5. The Kier molecular flexibility index (Phi) is 9.40. The van der Waals surface area contributed by atoms with Gasteiger partial charge in [0.25, 0.3) is 0 Å². The van der Waals surface area contributed by atoms with Gasteiger partial charge in [0, 0.05) is 32.2 Å². The lowest BCUT2D eigenvalue weighted by molar-refractivity contribution is 0.127. The Labute approximate surface area is 147 Å². The number of phenols is 1. The Morgan fingerprint density at radius 1 is 1.14 bits per heavy atom. The third kappa shape index (κ3) is 4.76. The molecule has 128 valence electrons. The number of piperazine rings is 1. The van der Waals surface area contributed by atoms with Crippen LogP contribution >= 0.6 is 24.8 Å². The van der Waals surface area contributed by atoms with Crippen LogP contribution in [0.2, 0.25) is 0 Å². The highest BCUT2D eigenvalue weighted by molar-refractivity contribution is 5.85. The van der Waals surface area contributed by atoms with Gasteiger partial charge in [-0.15, -0.1) is 24.8 Å². The molecular formula is C17H30Cl2N2O. The van der Waals surface area contributed by atoms with Crippen LogP contribution < -0.4 is 5.32 Å². The summed E-state index contributed by atoms with van der Waals surface area (Å²) < 4.78 is 0. The lowest BCUT2D eigenvalue weighted by Crippen LogP contribution is -2.47. The van der Waals surface area contributed by atoms with Crippen molar-refractivity contribution in [2.45, 2.75) is 40.2 Å². The Hall–Kier alpha value is -0.480. The topological polar surface area (TPSA) is 35.5 Å². The SMILES string of the molecule is CCC(C)[C@H](c1c(C)cc(O)cc1C)N1CCNCC1.Cl.Cl. The van der Waals surface area contributed by atoms with Crippen LogP contribution in [0.15, 0.2) is 12.1 Å². The van der Waals surface area contributed by atoms with Crippen LogP contribution in [0.5, 0.6) is 5.75 Å². The largest absolute Gasteiger partial charge is 0.508 e. The predicted molar refractivity (Wildman–Crippen MR) is 98.7 cm³/mol. The molecule has 0 saturated carbocycles. The fourth-order valence-electron chi connectivity index (χ4n) is 3.43. The second-order valence-corrected chi connectivity index (χ2v) is 6.11. The summed E-state index contributed by atoms with van der Waals surface area (Å²) in [6.07, 6.45) is 1.17. The molecule has 2 rings (SSSR count). The molecule has 2 atom stereocenters. The minimum Gasteiger partial charge on any atom is -0.508 e. The molecule has 0 amide bonds. The van der Waals surface area contributed by atoms with Crippen molar-refractivity contribution in [3.8, 4) is 5.75 Å². The molecule has 3 nitrogen and oxygen atoms in total. The first-order valence-corrected chi connectivity index (χ1v) is 7.79. The molecule has 0 aliphatic carbocycles.